The van der Waals surface area contributed by atoms with Crippen molar-refractivity contribution in [1.82, 2.24) is 10.2 Å². The molecule has 2 N–H and O–H groups in total. The SMILES string of the molecule is COC1CN(CCCOc2ccc(C(=O)O)cc2)CCC1CNC(=O)c1cc(Cl)c(Cl)c2c1OCCCO2. The largest absolute Gasteiger partial charge is 0.494 e. The quantitative estimate of drug-likeness (QED) is 0.408. The van der Waals surface area contributed by atoms with Gasteiger partial charge in [0, 0.05) is 39.1 Å². The molecule has 4 rings (SSSR count). The Labute approximate surface area is 231 Å². The highest BCUT2D eigenvalue weighted by molar-refractivity contribution is 6.43. The van der Waals surface area contributed by atoms with E-state index in [0.717, 1.165) is 32.5 Å². The van der Waals surface area contributed by atoms with Crippen molar-refractivity contribution in [2.45, 2.75) is 25.4 Å². The number of carbonyl (C=O) groups is 2. The van der Waals surface area contributed by atoms with Crippen LogP contribution in [0.15, 0.2) is 30.3 Å². The zero-order valence-electron chi connectivity index (χ0n) is 21.2. The van der Waals surface area contributed by atoms with E-state index in [-0.39, 0.29) is 33.5 Å². The number of benzene rings is 2. The van der Waals surface area contributed by atoms with Gasteiger partial charge in [-0.05, 0) is 49.7 Å². The van der Waals surface area contributed by atoms with Crippen LogP contribution >= 0.6 is 23.2 Å². The van der Waals surface area contributed by atoms with Crippen LogP contribution in [0.25, 0.3) is 0 Å². The molecule has 0 aliphatic carbocycles. The third-order valence-electron chi connectivity index (χ3n) is 6.75. The van der Waals surface area contributed by atoms with Crippen LogP contribution in [0.1, 0.15) is 40.0 Å². The Balaban J connectivity index is 1.25. The van der Waals surface area contributed by atoms with E-state index in [4.69, 9.17) is 47.3 Å². The number of nitrogens with one attached hydrogen (secondary N) is 1. The molecule has 0 bridgehead atoms. The van der Waals surface area contributed by atoms with E-state index in [0.29, 0.717) is 55.6 Å². The lowest BCUT2D eigenvalue weighted by Crippen LogP contribution is -2.48. The van der Waals surface area contributed by atoms with E-state index >= 15 is 0 Å². The Morgan fingerprint density at radius 1 is 1.16 bits per heavy atom. The van der Waals surface area contributed by atoms with Crippen LogP contribution in [0.2, 0.25) is 10.0 Å². The molecule has 1 saturated heterocycles. The number of ether oxygens (including phenoxy) is 4. The second-order valence-corrected chi connectivity index (χ2v) is 10.1. The van der Waals surface area contributed by atoms with E-state index in [1.165, 1.54) is 18.2 Å². The van der Waals surface area contributed by atoms with Crippen LogP contribution < -0.4 is 19.5 Å². The molecule has 2 aliphatic heterocycles. The van der Waals surface area contributed by atoms with Crippen molar-refractivity contribution in [2.75, 3.05) is 53.1 Å². The maximum Gasteiger partial charge on any atom is 0.335 e. The molecule has 2 unspecified atom stereocenters. The summed E-state index contributed by atoms with van der Waals surface area (Å²) in [5.41, 5.74) is 0.538. The Bertz CT molecular complexity index is 1130. The van der Waals surface area contributed by atoms with Crippen molar-refractivity contribution < 1.29 is 33.6 Å². The van der Waals surface area contributed by atoms with Gasteiger partial charge in [0.25, 0.3) is 5.91 Å². The summed E-state index contributed by atoms with van der Waals surface area (Å²) in [5, 5.41) is 12.5. The first-order valence-corrected chi connectivity index (χ1v) is 13.4. The molecule has 2 atom stereocenters. The predicted octanol–water partition coefficient (Wildman–Crippen LogP) is 4.39. The normalized spacial score (nSPS) is 19.4. The summed E-state index contributed by atoms with van der Waals surface area (Å²) in [6.45, 7) is 4.33. The number of amides is 1. The molecular weight excluding hydrogens is 535 g/mol. The van der Waals surface area contributed by atoms with Gasteiger partial charge in [0.2, 0.25) is 0 Å². The molecule has 0 radical (unpaired) electrons. The molecule has 0 aromatic heterocycles. The van der Waals surface area contributed by atoms with Gasteiger partial charge in [0.15, 0.2) is 11.5 Å². The summed E-state index contributed by atoms with van der Waals surface area (Å²) in [4.78, 5) is 26.4. The minimum Gasteiger partial charge on any atom is -0.494 e. The fraction of sp³-hybridized carbons (Fsp3) is 0.481. The fourth-order valence-corrected chi connectivity index (χ4v) is 5.05. The third-order valence-corrected chi connectivity index (χ3v) is 7.52. The van der Waals surface area contributed by atoms with Crippen molar-refractivity contribution in [2.24, 2.45) is 5.92 Å². The smallest absolute Gasteiger partial charge is 0.335 e. The van der Waals surface area contributed by atoms with E-state index in [9.17, 15) is 9.59 Å². The fourth-order valence-electron chi connectivity index (χ4n) is 4.66. The van der Waals surface area contributed by atoms with E-state index in [1.54, 1.807) is 19.2 Å². The number of carbonyl (C=O) groups excluding carboxylic acids is 1. The summed E-state index contributed by atoms with van der Waals surface area (Å²) < 4.78 is 23.0. The van der Waals surface area contributed by atoms with Crippen LogP contribution in [-0.4, -0.2) is 81.1 Å². The Kier molecular flexibility index (Phi) is 9.96. The van der Waals surface area contributed by atoms with Crippen molar-refractivity contribution in [1.29, 1.82) is 0 Å². The molecule has 2 aromatic carbocycles. The lowest BCUT2D eigenvalue weighted by Gasteiger charge is -2.37. The molecule has 1 amide bonds. The molecule has 2 aromatic rings. The molecule has 11 heteroatoms. The van der Waals surface area contributed by atoms with Gasteiger partial charge in [0.1, 0.15) is 10.8 Å². The lowest BCUT2D eigenvalue weighted by atomic mass is 9.93. The molecule has 1 fully saturated rings. The number of methoxy groups -OCH3 is 1. The Hall–Kier alpha value is -2.72. The second-order valence-electron chi connectivity index (χ2n) is 9.29. The first kappa shape index (κ1) is 28.3. The van der Waals surface area contributed by atoms with Gasteiger partial charge in [-0.1, -0.05) is 23.2 Å². The van der Waals surface area contributed by atoms with Crippen molar-refractivity contribution in [3.63, 3.8) is 0 Å². The summed E-state index contributed by atoms with van der Waals surface area (Å²) in [5.74, 6) is 0.187. The highest BCUT2D eigenvalue weighted by atomic mass is 35.5. The highest BCUT2D eigenvalue weighted by Gasteiger charge is 2.30. The van der Waals surface area contributed by atoms with Gasteiger partial charge in [-0.15, -0.1) is 0 Å². The summed E-state index contributed by atoms with van der Waals surface area (Å²) in [7, 11) is 1.69. The molecule has 0 saturated carbocycles. The number of halogens is 2. The lowest BCUT2D eigenvalue weighted by molar-refractivity contribution is -0.0113. The maximum absolute atomic E-state index is 13.1. The molecule has 9 nitrogen and oxygen atoms in total. The molecule has 2 heterocycles. The molecular formula is C27H32Cl2N2O7. The zero-order valence-corrected chi connectivity index (χ0v) is 22.7. The average molecular weight is 567 g/mol. The van der Waals surface area contributed by atoms with Gasteiger partial charge >= 0.3 is 5.97 Å². The highest BCUT2D eigenvalue weighted by Crippen LogP contribution is 2.44. The monoisotopic (exact) mass is 566 g/mol. The second kappa shape index (κ2) is 13.4. The van der Waals surface area contributed by atoms with E-state index in [2.05, 4.69) is 10.2 Å². The summed E-state index contributed by atoms with van der Waals surface area (Å²) in [6, 6.07) is 7.91. The van der Waals surface area contributed by atoms with Crippen LogP contribution in [0.3, 0.4) is 0 Å². The Morgan fingerprint density at radius 2 is 1.89 bits per heavy atom. The molecule has 38 heavy (non-hydrogen) atoms. The van der Waals surface area contributed by atoms with E-state index in [1.807, 2.05) is 0 Å². The number of carboxylic acid groups (broad SMARTS) is 1. The number of aromatic carboxylic acids is 1. The van der Waals surface area contributed by atoms with Crippen LogP contribution in [0, 0.1) is 5.92 Å². The first-order chi connectivity index (χ1) is 18.4. The van der Waals surface area contributed by atoms with Gasteiger partial charge in [-0.2, -0.15) is 0 Å². The number of hydrogen-bond donors (Lipinski definition) is 2. The number of carboxylic acids is 1. The minimum absolute atomic E-state index is 0.0287. The summed E-state index contributed by atoms with van der Waals surface area (Å²) in [6.07, 6.45) is 2.35. The van der Waals surface area contributed by atoms with Crippen LogP contribution in [-0.2, 0) is 4.74 Å². The van der Waals surface area contributed by atoms with Gasteiger partial charge in [-0.25, -0.2) is 4.79 Å². The van der Waals surface area contributed by atoms with Crippen molar-refractivity contribution >= 4 is 35.1 Å². The number of piperidine rings is 1. The number of nitrogens with zero attached hydrogens (tertiary/aromatic N) is 1. The van der Waals surface area contributed by atoms with Gasteiger partial charge < -0.3 is 34.3 Å². The number of rotatable bonds is 10. The zero-order chi connectivity index (χ0) is 27.1. The third kappa shape index (κ3) is 7.02. The molecule has 0 spiro atoms. The van der Waals surface area contributed by atoms with Gasteiger partial charge in [-0.3, -0.25) is 4.79 Å². The molecule has 2 aliphatic rings. The molecule has 206 valence electrons. The maximum atomic E-state index is 13.1. The standard InChI is InChI=1S/C27H32Cl2N2O7/c1-35-22-16-31(9-2-11-36-19-6-4-17(5-7-19)27(33)34)10-8-18(22)15-30-26(32)20-14-21(28)23(29)25-24(20)37-12-3-13-38-25/h4-7,14,18,22H,2-3,8-13,15-16H2,1H3,(H,30,32)(H,33,34). The topological polar surface area (TPSA) is 107 Å². The average Bonchev–Trinajstić information content (AvgIpc) is 3.18. The number of fused-ring (bicyclic) bond motifs is 1. The minimum atomic E-state index is -0.959. The number of likely N-dealkylation sites (tertiary alicyclic amines) is 1. The predicted molar refractivity (Wildman–Crippen MR) is 143 cm³/mol. The van der Waals surface area contributed by atoms with Crippen molar-refractivity contribution in [3.05, 3.63) is 51.5 Å². The van der Waals surface area contributed by atoms with E-state index < -0.39 is 5.97 Å². The van der Waals surface area contributed by atoms with Crippen molar-refractivity contribution in [3.8, 4) is 17.2 Å². The van der Waals surface area contributed by atoms with Crippen LogP contribution in [0.4, 0.5) is 0 Å². The first-order valence-electron chi connectivity index (χ1n) is 12.6. The van der Waals surface area contributed by atoms with Crippen LogP contribution in [0.5, 0.6) is 17.2 Å². The summed E-state index contributed by atoms with van der Waals surface area (Å²) >= 11 is 12.5. The Morgan fingerprint density at radius 3 is 2.61 bits per heavy atom. The van der Waals surface area contributed by atoms with Gasteiger partial charge in [0.05, 0.1) is 42.1 Å². The number of hydrogen-bond acceptors (Lipinski definition) is 7.